The number of carbonyl (C=O) groups excluding carboxylic acids is 1. The Morgan fingerprint density at radius 2 is 1.92 bits per heavy atom. The molecule has 1 aromatic rings. The lowest BCUT2D eigenvalue weighted by molar-refractivity contribution is 0.0680. The molecule has 0 radical (unpaired) electrons. The summed E-state index contributed by atoms with van der Waals surface area (Å²) in [4.78, 5) is 15.0. The van der Waals surface area contributed by atoms with Gasteiger partial charge in [0.25, 0.3) is 5.91 Å². The Balaban J connectivity index is 0.00000243. The van der Waals surface area contributed by atoms with Crippen molar-refractivity contribution in [1.29, 1.82) is 0 Å². The molecule has 0 aromatic heterocycles. The summed E-state index contributed by atoms with van der Waals surface area (Å²) in [6.07, 6.45) is 8.15. The molecule has 1 aromatic carbocycles. The van der Waals surface area contributed by atoms with E-state index in [0.29, 0.717) is 22.3 Å². The number of likely N-dealkylation sites (tertiary alicyclic amines) is 1. The second-order valence-corrected chi connectivity index (χ2v) is 7.73. The van der Waals surface area contributed by atoms with Crippen LogP contribution in [0.1, 0.15) is 55.3 Å². The van der Waals surface area contributed by atoms with Gasteiger partial charge in [-0.3, -0.25) is 4.79 Å². The smallest absolute Gasteiger partial charge is 0.257 e. The first-order chi connectivity index (χ1) is 12.2. The average molecular weight is 401 g/mol. The fourth-order valence-electron chi connectivity index (χ4n) is 3.90. The number of benzene rings is 1. The number of nitrogens with one attached hydrogen (secondary N) is 1. The fraction of sp³-hybridized carbons (Fsp3) is 0.650. The molecule has 1 amide bonds. The summed E-state index contributed by atoms with van der Waals surface area (Å²) < 4.78 is 6.13. The molecular weight excluding hydrogens is 371 g/mol. The second kappa shape index (κ2) is 10.4. The van der Waals surface area contributed by atoms with Crippen molar-refractivity contribution in [3.63, 3.8) is 0 Å². The van der Waals surface area contributed by atoms with E-state index < -0.39 is 0 Å². The number of piperidine rings is 1. The Morgan fingerprint density at radius 1 is 1.23 bits per heavy atom. The first-order valence-electron chi connectivity index (χ1n) is 9.57. The number of amides is 1. The Morgan fingerprint density at radius 3 is 2.58 bits per heavy atom. The summed E-state index contributed by atoms with van der Waals surface area (Å²) in [5.74, 6) is 1.46. The number of hydrogen-bond donors (Lipinski definition) is 1. The molecule has 146 valence electrons. The molecule has 26 heavy (non-hydrogen) atoms. The standard InChI is InChI=1S/C20H29ClN2O2.ClH/c1-22-11-8-15-9-12-23(13-10-15)20(24)18-14-16(21)6-7-19(18)25-17-4-2-3-5-17;/h6-7,14-15,17,22H,2-5,8-13H2,1H3;1H. The van der Waals surface area contributed by atoms with Crippen LogP contribution in [-0.2, 0) is 0 Å². The van der Waals surface area contributed by atoms with Crippen LogP contribution < -0.4 is 10.1 Å². The Hall–Kier alpha value is -0.970. The molecule has 0 atom stereocenters. The Kier molecular flexibility index (Phi) is 8.52. The Bertz CT molecular complexity index is 583. The van der Waals surface area contributed by atoms with Gasteiger partial charge >= 0.3 is 0 Å². The lowest BCUT2D eigenvalue weighted by Crippen LogP contribution is -2.39. The molecule has 0 unspecified atom stereocenters. The van der Waals surface area contributed by atoms with Crippen molar-refractivity contribution in [3.8, 4) is 5.75 Å². The molecule has 0 bridgehead atoms. The normalized spacial score (nSPS) is 18.6. The molecule has 1 saturated carbocycles. The van der Waals surface area contributed by atoms with Crippen LogP contribution in [0, 0.1) is 5.92 Å². The quantitative estimate of drug-likeness (QED) is 0.761. The van der Waals surface area contributed by atoms with Crippen LogP contribution >= 0.6 is 24.0 Å². The van der Waals surface area contributed by atoms with Crippen LogP contribution in [0.3, 0.4) is 0 Å². The van der Waals surface area contributed by atoms with Gasteiger partial charge in [0.05, 0.1) is 11.7 Å². The lowest BCUT2D eigenvalue weighted by atomic mass is 9.93. The van der Waals surface area contributed by atoms with E-state index in [-0.39, 0.29) is 24.4 Å². The second-order valence-electron chi connectivity index (χ2n) is 7.29. The van der Waals surface area contributed by atoms with E-state index >= 15 is 0 Å². The maximum absolute atomic E-state index is 13.0. The van der Waals surface area contributed by atoms with Crippen molar-refractivity contribution in [2.45, 2.75) is 51.0 Å². The van der Waals surface area contributed by atoms with Crippen LogP contribution in [0.15, 0.2) is 18.2 Å². The molecule has 6 heteroatoms. The highest BCUT2D eigenvalue weighted by molar-refractivity contribution is 6.31. The van der Waals surface area contributed by atoms with Gasteiger partial charge < -0.3 is 15.0 Å². The zero-order chi connectivity index (χ0) is 17.6. The van der Waals surface area contributed by atoms with E-state index in [0.717, 1.165) is 45.3 Å². The highest BCUT2D eigenvalue weighted by atomic mass is 35.5. The zero-order valence-electron chi connectivity index (χ0n) is 15.5. The van der Waals surface area contributed by atoms with Gasteiger partial charge in [0.1, 0.15) is 5.75 Å². The van der Waals surface area contributed by atoms with E-state index in [4.69, 9.17) is 16.3 Å². The minimum atomic E-state index is 0. The minimum absolute atomic E-state index is 0. The van der Waals surface area contributed by atoms with Gasteiger partial charge in [-0.05, 0) is 82.7 Å². The number of nitrogens with zero attached hydrogens (tertiary/aromatic N) is 1. The van der Waals surface area contributed by atoms with Gasteiger partial charge in [0, 0.05) is 18.1 Å². The van der Waals surface area contributed by atoms with E-state index in [1.165, 1.54) is 19.3 Å². The number of ether oxygens (including phenoxy) is 1. The van der Waals surface area contributed by atoms with Gasteiger partial charge in [-0.15, -0.1) is 12.4 Å². The molecule has 1 N–H and O–H groups in total. The van der Waals surface area contributed by atoms with Crippen LogP contribution in [0.25, 0.3) is 0 Å². The molecule has 1 heterocycles. The first-order valence-corrected chi connectivity index (χ1v) is 9.95. The van der Waals surface area contributed by atoms with E-state index in [1.54, 1.807) is 6.07 Å². The molecule has 1 aliphatic heterocycles. The highest BCUT2D eigenvalue weighted by Crippen LogP contribution is 2.30. The van der Waals surface area contributed by atoms with Crippen LogP contribution in [0.5, 0.6) is 5.75 Å². The maximum Gasteiger partial charge on any atom is 0.257 e. The summed E-state index contributed by atoms with van der Waals surface area (Å²) in [7, 11) is 1.99. The van der Waals surface area contributed by atoms with Gasteiger partial charge in [-0.1, -0.05) is 11.6 Å². The predicted molar refractivity (Wildman–Crippen MR) is 109 cm³/mol. The minimum Gasteiger partial charge on any atom is -0.490 e. The molecule has 2 fully saturated rings. The topological polar surface area (TPSA) is 41.6 Å². The first kappa shape index (κ1) is 21.3. The highest BCUT2D eigenvalue weighted by Gasteiger charge is 2.27. The third kappa shape index (κ3) is 5.51. The van der Waals surface area contributed by atoms with Gasteiger partial charge in [-0.2, -0.15) is 0 Å². The van der Waals surface area contributed by atoms with Crippen LogP contribution in [-0.4, -0.2) is 43.6 Å². The van der Waals surface area contributed by atoms with Crippen LogP contribution in [0.2, 0.25) is 5.02 Å². The zero-order valence-corrected chi connectivity index (χ0v) is 17.1. The van der Waals surface area contributed by atoms with Gasteiger partial charge in [0.15, 0.2) is 0 Å². The largest absolute Gasteiger partial charge is 0.490 e. The van der Waals surface area contributed by atoms with E-state index in [2.05, 4.69) is 5.32 Å². The summed E-state index contributed by atoms with van der Waals surface area (Å²) >= 11 is 6.16. The number of halogens is 2. The third-order valence-electron chi connectivity index (χ3n) is 5.47. The number of rotatable bonds is 6. The molecule has 4 nitrogen and oxygen atoms in total. The van der Waals surface area contributed by atoms with Crippen molar-refractivity contribution in [3.05, 3.63) is 28.8 Å². The van der Waals surface area contributed by atoms with Gasteiger partial charge in [-0.25, -0.2) is 0 Å². The monoisotopic (exact) mass is 400 g/mol. The molecular formula is C20H30Cl2N2O2. The lowest BCUT2D eigenvalue weighted by Gasteiger charge is -2.32. The summed E-state index contributed by atoms with van der Waals surface area (Å²) in [6.45, 7) is 2.69. The molecule has 3 rings (SSSR count). The van der Waals surface area contributed by atoms with Crippen molar-refractivity contribution in [2.24, 2.45) is 5.92 Å². The summed E-state index contributed by atoms with van der Waals surface area (Å²) in [5, 5.41) is 3.80. The van der Waals surface area contributed by atoms with Crippen molar-refractivity contribution >= 4 is 29.9 Å². The summed E-state index contributed by atoms with van der Waals surface area (Å²) in [6, 6.07) is 5.43. The van der Waals surface area contributed by atoms with E-state index in [9.17, 15) is 4.79 Å². The molecule has 0 spiro atoms. The maximum atomic E-state index is 13.0. The molecule has 2 aliphatic rings. The van der Waals surface area contributed by atoms with Gasteiger partial charge in [0.2, 0.25) is 0 Å². The van der Waals surface area contributed by atoms with Crippen LogP contribution in [0.4, 0.5) is 0 Å². The fourth-order valence-corrected chi connectivity index (χ4v) is 4.07. The predicted octanol–water partition coefficient (Wildman–Crippen LogP) is 4.54. The average Bonchev–Trinajstić information content (AvgIpc) is 3.14. The summed E-state index contributed by atoms with van der Waals surface area (Å²) in [5.41, 5.74) is 0.619. The molecule has 1 aliphatic carbocycles. The SMILES string of the molecule is CNCCC1CCN(C(=O)c2cc(Cl)ccc2OC2CCCC2)CC1.Cl. The van der Waals surface area contributed by atoms with E-state index in [1.807, 2.05) is 24.1 Å². The molecule has 1 saturated heterocycles. The third-order valence-corrected chi connectivity index (χ3v) is 5.71. The number of carbonyl (C=O) groups is 1. The van der Waals surface area contributed by atoms with Crippen molar-refractivity contribution in [2.75, 3.05) is 26.7 Å². The van der Waals surface area contributed by atoms with Crippen molar-refractivity contribution < 1.29 is 9.53 Å². The Labute approximate surface area is 168 Å². The number of hydrogen-bond acceptors (Lipinski definition) is 3. The van der Waals surface area contributed by atoms with Crippen molar-refractivity contribution in [1.82, 2.24) is 10.2 Å².